The van der Waals surface area contributed by atoms with Crippen LogP contribution < -0.4 is 10.1 Å². The maximum absolute atomic E-state index is 10.5. The normalized spacial score (nSPS) is 13.3. The number of halogens is 2. The molecule has 6 nitrogen and oxygen atoms in total. The largest absolute Gasteiger partial charge is 0.483 e. The first kappa shape index (κ1) is 20.9. The Kier molecular flexibility index (Phi) is 7.63. The minimum atomic E-state index is -4.02. The highest BCUT2D eigenvalue weighted by molar-refractivity contribution is 9.11. The first-order chi connectivity index (χ1) is 12.3. The van der Waals surface area contributed by atoms with Gasteiger partial charge < -0.3 is 10.1 Å². The lowest BCUT2D eigenvalue weighted by Crippen LogP contribution is -2.25. The number of aryl methyl sites for hydroxylation is 1. The van der Waals surface area contributed by atoms with Crippen LogP contribution in [0.4, 0.5) is 0 Å². The van der Waals surface area contributed by atoms with Gasteiger partial charge in [-0.3, -0.25) is 9.55 Å². The van der Waals surface area contributed by atoms with Crippen LogP contribution in [0.3, 0.4) is 0 Å². The Balaban J connectivity index is 0.000000197. The molecule has 0 fully saturated rings. The Bertz CT molecular complexity index is 864. The summed E-state index contributed by atoms with van der Waals surface area (Å²) in [5, 5.41) is 3.16. The number of amidine groups is 1. The topological polar surface area (TPSA) is 88.0 Å². The molecule has 0 aliphatic carbocycles. The van der Waals surface area contributed by atoms with Crippen LogP contribution >= 0.6 is 31.9 Å². The van der Waals surface area contributed by atoms with Gasteiger partial charge in [-0.15, -0.1) is 0 Å². The van der Waals surface area contributed by atoms with Crippen LogP contribution in [0.5, 0.6) is 5.75 Å². The molecule has 9 heteroatoms. The number of aliphatic imine (C=N–C) groups is 1. The van der Waals surface area contributed by atoms with E-state index in [1.54, 1.807) is 12.1 Å². The summed E-state index contributed by atoms with van der Waals surface area (Å²) in [7, 11) is -4.02. The second-order valence-electron chi connectivity index (χ2n) is 5.38. The molecule has 1 aliphatic rings. The van der Waals surface area contributed by atoms with Crippen molar-refractivity contribution in [2.24, 2.45) is 4.99 Å². The summed E-state index contributed by atoms with van der Waals surface area (Å²) in [5.74, 6) is 1.73. The Morgan fingerprint density at radius 3 is 2.27 bits per heavy atom. The third-order valence-electron chi connectivity index (χ3n) is 3.33. The number of benzene rings is 2. The SMILES string of the molecule is Brc1cccc(Br)c1OCC1=NCCN1.Cc1ccc(S(=O)(=O)O)cc1. The fourth-order valence-electron chi connectivity index (χ4n) is 2.01. The maximum atomic E-state index is 10.5. The number of nitrogens with zero attached hydrogens (tertiary/aromatic N) is 1. The summed E-state index contributed by atoms with van der Waals surface area (Å²) < 4.78 is 37.1. The molecule has 0 aromatic heterocycles. The van der Waals surface area contributed by atoms with Crippen molar-refractivity contribution in [3.63, 3.8) is 0 Å². The van der Waals surface area contributed by atoms with Crippen molar-refractivity contribution in [2.75, 3.05) is 19.7 Å². The van der Waals surface area contributed by atoms with Gasteiger partial charge in [-0.25, -0.2) is 0 Å². The average molecular weight is 506 g/mol. The molecule has 0 saturated carbocycles. The van der Waals surface area contributed by atoms with E-state index in [0.29, 0.717) is 6.61 Å². The molecule has 0 atom stereocenters. The molecule has 0 bridgehead atoms. The highest BCUT2D eigenvalue weighted by Crippen LogP contribution is 2.32. The van der Waals surface area contributed by atoms with Crippen molar-refractivity contribution in [1.29, 1.82) is 0 Å². The minimum absolute atomic E-state index is 0.0666. The molecule has 1 aliphatic heterocycles. The minimum Gasteiger partial charge on any atom is -0.483 e. The van der Waals surface area contributed by atoms with E-state index in [2.05, 4.69) is 42.2 Å². The van der Waals surface area contributed by atoms with Crippen molar-refractivity contribution in [2.45, 2.75) is 11.8 Å². The zero-order chi connectivity index (χ0) is 19.2. The van der Waals surface area contributed by atoms with Crippen molar-refractivity contribution < 1.29 is 17.7 Å². The Morgan fingerprint density at radius 2 is 1.77 bits per heavy atom. The van der Waals surface area contributed by atoms with Crippen LogP contribution in [0.1, 0.15) is 5.56 Å². The highest BCUT2D eigenvalue weighted by Gasteiger charge is 2.09. The second-order valence-corrected chi connectivity index (χ2v) is 8.51. The van der Waals surface area contributed by atoms with Gasteiger partial charge in [-0.05, 0) is 63.0 Å². The molecular weight excluding hydrogens is 488 g/mol. The molecule has 0 radical (unpaired) electrons. The summed E-state index contributed by atoms with van der Waals surface area (Å²) >= 11 is 6.88. The molecule has 140 valence electrons. The standard InChI is InChI=1S/C10H10Br2N2O.C7H8O3S/c11-7-2-1-3-8(12)10(7)15-6-9-13-4-5-14-9;1-6-2-4-7(5-3-6)11(8,9)10/h1-3H,4-6H2,(H,13,14);2-5H,1H3,(H,8,9,10). The van der Waals surface area contributed by atoms with Crippen molar-refractivity contribution in [3.05, 3.63) is 57.0 Å². The lowest BCUT2D eigenvalue weighted by Gasteiger charge is -2.09. The van der Waals surface area contributed by atoms with Gasteiger partial charge in [0.05, 0.1) is 20.4 Å². The van der Waals surface area contributed by atoms with Gasteiger partial charge in [0.15, 0.2) is 0 Å². The van der Waals surface area contributed by atoms with Gasteiger partial charge >= 0.3 is 0 Å². The van der Waals surface area contributed by atoms with Crippen LogP contribution in [0.25, 0.3) is 0 Å². The van der Waals surface area contributed by atoms with E-state index in [9.17, 15) is 8.42 Å². The lowest BCUT2D eigenvalue weighted by molar-refractivity contribution is 0.369. The van der Waals surface area contributed by atoms with Crippen molar-refractivity contribution in [1.82, 2.24) is 5.32 Å². The van der Waals surface area contributed by atoms with Crippen molar-refractivity contribution in [3.8, 4) is 5.75 Å². The maximum Gasteiger partial charge on any atom is 0.294 e. The van der Waals surface area contributed by atoms with Gasteiger partial charge in [0, 0.05) is 6.54 Å². The second kappa shape index (κ2) is 9.50. The molecule has 2 aromatic carbocycles. The number of rotatable bonds is 4. The third-order valence-corrected chi connectivity index (χ3v) is 5.45. The van der Waals surface area contributed by atoms with Gasteiger partial charge in [0.2, 0.25) is 0 Å². The number of nitrogens with one attached hydrogen (secondary N) is 1. The van der Waals surface area contributed by atoms with Crippen LogP contribution in [-0.2, 0) is 10.1 Å². The first-order valence-electron chi connectivity index (χ1n) is 7.65. The van der Waals surface area contributed by atoms with Gasteiger partial charge in [0.25, 0.3) is 10.1 Å². The van der Waals surface area contributed by atoms with Gasteiger partial charge in [-0.1, -0.05) is 23.8 Å². The summed E-state index contributed by atoms with van der Waals surface area (Å²) in [4.78, 5) is 4.19. The van der Waals surface area contributed by atoms with E-state index in [4.69, 9.17) is 9.29 Å². The molecule has 0 unspecified atom stereocenters. The van der Waals surface area contributed by atoms with E-state index in [1.807, 2.05) is 25.1 Å². The number of hydrogen-bond acceptors (Lipinski definition) is 5. The van der Waals surface area contributed by atoms with E-state index < -0.39 is 10.1 Å². The molecule has 2 aromatic rings. The summed E-state index contributed by atoms with van der Waals surface area (Å²) in [6, 6.07) is 11.8. The van der Waals surface area contributed by atoms with Crippen molar-refractivity contribution >= 4 is 47.8 Å². The smallest absolute Gasteiger partial charge is 0.294 e. The van der Waals surface area contributed by atoms with E-state index >= 15 is 0 Å². The van der Waals surface area contributed by atoms with E-state index in [0.717, 1.165) is 39.2 Å². The van der Waals surface area contributed by atoms with Crippen LogP contribution in [0.15, 0.2) is 61.3 Å². The first-order valence-corrected chi connectivity index (χ1v) is 10.7. The predicted molar refractivity (Wildman–Crippen MR) is 109 cm³/mol. The summed E-state index contributed by atoms with van der Waals surface area (Å²) in [5.41, 5.74) is 0.956. The average Bonchev–Trinajstić information content (AvgIpc) is 3.08. The van der Waals surface area contributed by atoms with Crippen LogP contribution in [-0.4, -0.2) is 38.5 Å². The quantitative estimate of drug-likeness (QED) is 0.616. The predicted octanol–water partition coefficient (Wildman–Crippen LogP) is 3.83. The Labute approximate surface area is 169 Å². The number of ether oxygens (including phenoxy) is 1. The molecular formula is C17H18Br2N2O4S. The zero-order valence-corrected chi connectivity index (χ0v) is 17.9. The Hall–Kier alpha value is -1.42. The lowest BCUT2D eigenvalue weighted by atomic mass is 10.2. The van der Waals surface area contributed by atoms with E-state index in [1.165, 1.54) is 12.1 Å². The molecule has 26 heavy (non-hydrogen) atoms. The molecule has 2 N–H and O–H groups in total. The summed E-state index contributed by atoms with van der Waals surface area (Å²) in [6.07, 6.45) is 0. The molecule has 1 heterocycles. The monoisotopic (exact) mass is 504 g/mol. The number of hydrogen-bond donors (Lipinski definition) is 2. The van der Waals surface area contributed by atoms with E-state index in [-0.39, 0.29) is 4.90 Å². The molecule has 3 rings (SSSR count). The molecule has 0 saturated heterocycles. The molecule has 0 spiro atoms. The third kappa shape index (κ3) is 6.39. The zero-order valence-electron chi connectivity index (χ0n) is 13.9. The molecule has 0 amide bonds. The van der Waals surface area contributed by atoms with Crippen LogP contribution in [0.2, 0.25) is 0 Å². The van der Waals surface area contributed by atoms with Gasteiger partial charge in [0.1, 0.15) is 18.2 Å². The fraction of sp³-hybridized carbons (Fsp3) is 0.235. The van der Waals surface area contributed by atoms with Crippen LogP contribution in [0, 0.1) is 6.92 Å². The fourth-order valence-corrected chi connectivity index (χ4v) is 3.72. The number of para-hydroxylation sites is 1. The highest BCUT2D eigenvalue weighted by atomic mass is 79.9. The Morgan fingerprint density at radius 1 is 1.15 bits per heavy atom. The summed E-state index contributed by atoms with van der Waals surface area (Å²) in [6.45, 7) is 4.08. The van der Waals surface area contributed by atoms with Gasteiger partial charge in [-0.2, -0.15) is 8.42 Å².